The van der Waals surface area contributed by atoms with E-state index in [9.17, 15) is 14.7 Å². The number of aldehydes is 2. The zero-order chi connectivity index (χ0) is 11.3. The molecular weight excluding hydrogens is 192 g/mol. The van der Waals surface area contributed by atoms with Crippen LogP contribution in [0.15, 0.2) is 12.1 Å². The summed E-state index contributed by atoms with van der Waals surface area (Å²) >= 11 is 0. The Hall–Kier alpha value is -1.64. The zero-order valence-corrected chi connectivity index (χ0v) is 8.69. The van der Waals surface area contributed by atoms with Crippen LogP contribution in [0.4, 0.5) is 0 Å². The molecule has 0 bridgehead atoms. The molecule has 0 unspecified atom stereocenters. The van der Waals surface area contributed by atoms with Gasteiger partial charge < -0.3 is 9.90 Å². The molecule has 0 aliphatic carbocycles. The summed E-state index contributed by atoms with van der Waals surface area (Å²) in [7, 11) is 0. The second-order valence-corrected chi connectivity index (χ2v) is 3.47. The first-order valence-electron chi connectivity index (χ1n) is 4.91. The van der Waals surface area contributed by atoms with Gasteiger partial charge in [-0.15, -0.1) is 0 Å². The van der Waals surface area contributed by atoms with Crippen molar-refractivity contribution < 1.29 is 14.7 Å². The minimum absolute atomic E-state index is 0.133. The first-order chi connectivity index (χ1) is 7.20. The van der Waals surface area contributed by atoms with Gasteiger partial charge in [-0.2, -0.15) is 0 Å². The number of hydrogen-bond donors (Lipinski definition) is 1. The highest BCUT2D eigenvalue weighted by atomic mass is 16.3. The number of benzene rings is 1. The zero-order valence-electron chi connectivity index (χ0n) is 8.69. The van der Waals surface area contributed by atoms with Crippen molar-refractivity contribution in [3.05, 3.63) is 28.8 Å². The van der Waals surface area contributed by atoms with E-state index < -0.39 is 0 Å². The molecule has 0 saturated carbocycles. The highest BCUT2D eigenvalue weighted by molar-refractivity contribution is 5.81. The summed E-state index contributed by atoms with van der Waals surface area (Å²) in [5.74, 6) is 0.133. The number of phenols is 1. The summed E-state index contributed by atoms with van der Waals surface area (Å²) in [5, 5.41) is 9.60. The summed E-state index contributed by atoms with van der Waals surface area (Å²) in [5.41, 5.74) is 2.04. The maximum atomic E-state index is 10.9. The molecule has 1 N–H and O–H groups in total. The summed E-state index contributed by atoms with van der Waals surface area (Å²) in [6.45, 7) is 1.83. The van der Waals surface area contributed by atoms with Gasteiger partial charge in [-0.1, -0.05) is 6.07 Å². The molecule has 0 radical (unpaired) electrons. The van der Waals surface area contributed by atoms with Gasteiger partial charge in [0.25, 0.3) is 0 Å². The first-order valence-corrected chi connectivity index (χ1v) is 4.91. The van der Waals surface area contributed by atoms with E-state index in [-0.39, 0.29) is 5.75 Å². The Kier molecular flexibility index (Phi) is 4.03. The van der Waals surface area contributed by atoms with Gasteiger partial charge in [0, 0.05) is 17.5 Å². The van der Waals surface area contributed by atoms with Crippen LogP contribution in [0.3, 0.4) is 0 Å². The fourth-order valence-electron chi connectivity index (χ4n) is 1.56. The molecule has 15 heavy (non-hydrogen) atoms. The molecule has 0 amide bonds. The minimum atomic E-state index is 0.133. The summed E-state index contributed by atoms with van der Waals surface area (Å²) in [4.78, 5) is 21.0. The van der Waals surface area contributed by atoms with Crippen molar-refractivity contribution in [1.82, 2.24) is 0 Å². The van der Waals surface area contributed by atoms with E-state index in [0.29, 0.717) is 30.4 Å². The molecule has 0 aromatic heterocycles. The van der Waals surface area contributed by atoms with Gasteiger partial charge in [-0.25, -0.2) is 0 Å². The Bertz CT molecular complexity index is 369. The van der Waals surface area contributed by atoms with Gasteiger partial charge in [-0.3, -0.25) is 4.79 Å². The van der Waals surface area contributed by atoms with Crippen molar-refractivity contribution in [3.63, 3.8) is 0 Å². The van der Waals surface area contributed by atoms with E-state index in [1.165, 1.54) is 0 Å². The summed E-state index contributed by atoms with van der Waals surface area (Å²) in [6, 6.07) is 3.29. The lowest BCUT2D eigenvalue weighted by atomic mass is 9.97. The number of carbonyl (C=O) groups is 2. The molecule has 80 valence electrons. The van der Waals surface area contributed by atoms with Crippen LogP contribution >= 0.6 is 0 Å². The normalized spacial score (nSPS) is 9.93. The number of aromatic hydroxyl groups is 1. The molecule has 3 nitrogen and oxygen atoms in total. The molecule has 3 heteroatoms. The van der Waals surface area contributed by atoms with Crippen LogP contribution in [-0.2, 0) is 11.2 Å². The standard InChI is InChI=1S/C12H14O3/c1-9-5-6-12(15)10(11(9)8-14)4-2-3-7-13/h5-8,15H,2-4H2,1H3. The third kappa shape index (κ3) is 2.65. The second-order valence-electron chi connectivity index (χ2n) is 3.47. The molecule has 0 heterocycles. The SMILES string of the molecule is Cc1ccc(O)c(CCCC=O)c1C=O. The average Bonchev–Trinajstić information content (AvgIpc) is 2.23. The number of aryl methyl sites for hydroxylation is 1. The number of unbranched alkanes of at least 4 members (excludes halogenated alkanes) is 1. The largest absolute Gasteiger partial charge is 0.508 e. The molecule has 1 aromatic rings. The van der Waals surface area contributed by atoms with Crippen LogP contribution < -0.4 is 0 Å². The van der Waals surface area contributed by atoms with Crippen LogP contribution in [0.25, 0.3) is 0 Å². The van der Waals surface area contributed by atoms with Crippen molar-refractivity contribution in [2.24, 2.45) is 0 Å². The number of phenolic OH excluding ortho intramolecular Hbond substituents is 1. The van der Waals surface area contributed by atoms with Gasteiger partial charge in [0.05, 0.1) is 0 Å². The molecule has 1 rings (SSSR count). The van der Waals surface area contributed by atoms with E-state index in [4.69, 9.17) is 0 Å². The van der Waals surface area contributed by atoms with Gasteiger partial charge in [0.1, 0.15) is 12.0 Å². The molecule has 0 atom stereocenters. The minimum Gasteiger partial charge on any atom is -0.508 e. The van der Waals surface area contributed by atoms with Gasteiger partial charge in [0.2, 0.25) is 0 Å². The summed E-state index contributed by atoms with van der Waals surface area (Å²) in [6.07, 6.45) is 3.26. The van der Waals surface area contributed by atoms with Crippen LogP contribution in [0.2, 0.25) is 0 Å². The number of carbonyl (C=O) groups excluding carboxylic acids is 2. The molecule has 0 spiro atoms. The first kappa shape index (κ1) is 11.4. The Labute approximate surface area is 88.7 Å². The van der Waals surface area contributed by atoms with E-state index in [1.807, 2.05) is 6.92 Å². The third-order valence-electron chi connectivity index (χ3n) is 2.42. The molecule has 0 aliphatic rings. The molecule has 0 fully saturated rings. The van der Waals surface area contributed by atoms with E-state index in [2.05, 4.69) is 0 Å². The van der Waals surface area contributed by atoms with Gasteiger partial charge >= 0.3 is 0 Å². The predicted octanol–water partition coefficient (Wildman–Crippen LogP) is 2.03. The van der Waals surface area contributed by atoms with Gasteiger partial charge in [0.15, 0.2) is 6.29 Å². The van der Waals surface area contributed by atoms with Crippen LogP contribution in [0.1, 0.15) is 34.3 Å². The van der Waals surface area contributed by atoms with Gasteiger partial charge in [-0.05, 0) is 31.4 Å². The van der Waals surface area contributed by atoms with Crippen molar-refractivity contribution in [1.29, 1.82) is 0 Å². The number of rotatable bonds is 5. The molecule has 1 aromatic carbocycles. The molecule has 0 saturated heterocycles. The second kappa shape index (κ2) is 5.29. The third-order valence-corrected chi connectivity index (χ3v) is 2.42. The van der Waals surface area contributed by atoms with Crippen molar-refractivity contribution >= 4 is 12.6 Å². The van der Waals surface area contributed by atoms with Crippen molar-refractivity contribution in [3.8, 4) is 5.75 Å². The lowest BCUT2D eigenvalue weighted by molar-refractivity contribution is -0.107. The highest BCUT2D eigenvalue weighted by Gasteiger charge is 2.09. The van der Waals surface area contributed by atoms with Crippen LogP contribution in [0, 0.1) is 6.92 Å². The van der Waals surface area contributed by atoms with Crippen molar-refractivity contribution in [2.45, 2.75) is 26.2 Å². The van der Waals surface area contributed by atoms with E-state index in [1.54, 1.807) is 12.1 Å². The lowest BCUT2D eigenvalue weighted by Crippen LogP contribution is -1.97. The Morgan fingerprint density at radius 2 is 2.07 bits per heavy atom. The number of hydrogen-bond acceptors (Lipinski definition) is 3. The Morgan fingerprint density at radius 1 is 1.33 bits per heavy atom. The fourth-order valence-corrected chi connectivity index (χ4v) is 1.56. The summed E-state index contributed by atoms with van der Waals surface area (Å²) < 4.78 is 0. The smallest absolute Gasteiger partial charge is 0.150 e. The monoisotopic (exact) mass is 206 g/mol. The molecule has 0 aliphatic heterocycles. The quantitative estimate of drug-likeness (QED) is 0.592. The topological polar surface area (TPSA) is 54.4 Å². The highest BCUT2D eigenvalue weighted by Crippen LogP contribution is 2.24. The molecular formula is C12H14O3. The Morgan fingerprint density at radius 3 is 2.67 bits per heavy atom. The van der Waals surface area contributed by atoms with E-state index in [0.717, 1.165) is 18.1 Å². The van der Waals surface area contributed by atoms with Crippen LogP contribution in [-0.4, -0.2) is 17.7 Å². The lowest BCUT2D eigenvalue weighted by Gasteiger charge is -2.09. The predicted molar refractivity (Wildman–Crippen MR) is 57.2 cm³/mol. The maximum Gasteiger partial charge on any atom is 0.150 e. The fraction of sp³-hybridized carbons (Fsp3) is 0.333. The van der Waals surface area contributed by atoms with Crippen LogP contribution in [0.5, 0.6) is 5.75 Å². The van der Waals surface area contributed by atoms with Crippen molar-refractivity contribution in [2.75, 3.05) is 0 Å². The Balaban J connectivity index is 2.97. The van der Waals surface area contributed by atoms with E-state index >= 15 is 0 Å². The average molecular weight is 206 g/mol. The maximum absolute atomic E-state index is 10.9.